The van der Waals surface area contributed by atoms with Crippen LogP contribution in [0.3, 0.4) is 0 Å². The van der Waals surface area contributed by atoms with Crippen molar-refractivity contribution in [2.45, 2.75) is 43.4 Å². The Morgan fingerprint density at radius 2 is 2.33 bits per heavy atom. The van der Waals surface area contributed by atoms with Gasteiger partial charge in [-0.15, -0.1) is 11.8 Å². The molecule has 1 aliphatic heterocycles. The Bertz CT molecular complexity index is 241. The van der Waals surface area contributed by atoms with Crippen molar-refractivity contribution in [2.75, 3.05) is 0 Å². The van der Waals surface area contributed by atoms with Crippen LogP contribution in [-0.2, 0) is 0 Å². The highest BCUT2D eigenvalue weighted by atomic mass is 32.2. The van der Waals surface area contributed by atoms with Crippen LogP contribution >= 0.6 is 11.8 Å². The molecule has 12 heavy (non-hydrogen) atoms. The molecule has 2 atom stereocenters. The van der Waals surface area contributed by atoms with Crippen LogP contribution in [0.5, 0.6) is 0 Å². The highest BCUT2D eigenvalue weighted by molar-refractivity contribution is 8.14. The fourth-order valence-electron chi connectivity index (χ4n) is 1.91. The van der Waals surface area contributed by atoms with Gasteiger partial charge in [0.2, 0.25) is 0 Å². The molecule has 2 nitrogen and oxygen atoms in total. The number of thioether (sulfide) groups is 1. The van der Waals surface area contributed by atoms with Gasteiger partial charge in [0.1, 0.15) is 0 Å². The fraction of sp³-hybridized carbons (Fsp3) is 0.778. The number of rotatable bonds is 1. The average molecular weight is 180 g/mol. The van der Waals surface area contributed by atoms with Crippen molar-refractivity contribution in [3.05, 3.63) is 0 Å². The van der Waals surface area contributed by atoms with E-state index in [-0.39, 0.29) is 0 Å². The van der Waals surface area contributed by atoms with Crippen molar-refractivity contribution in [1.82, 2.24) is 0 Å². The highest BCUT2D eigenvalue weighted by Gasteiger charge is 2.31. The van der Waals surface area contributed by atoms with Crippen LogP contribution in [0.15, 0.2) is 4.99 Å². The summed E-state index contributed by atoms with van der Waals surface area (Å²) in [6, 6.07) is 2.72. The van der Waals surface area contributed by atoms with Crippen molar-refractivity contribution in [2.24, 2.45) is 4.99 Å². The minimum atomic E-state index is 0.525. The lowest BCUT2D eigenvalue weighted by molar-refractivity contribution is 0.461. The van der Waals surface area contributed by atoms with Gasteiger partial charge in [-0.05, 0) is 12.8 Å². The zero-order valence-corrected chi connectivity index (χ0v) is 7.81. The molecule has 0 spiro atoms. The lowest BCUT2D eigenvalue weighted by Gasteiger charge is -2.21. The smallest absolute Gasteiger partial charge is 0.0831 e. The summed E-state index contributed by atoms with van der Waals surface area (Å²) in [4.78, 5) is 4.56. The first kappa shape index (κ1) is 8.12. The first-order valence-corrected chi connectivity index (χ1v) is 5.38. The van der Waals surface area contributed by atoms with E-state index in [2.05, 4.69) is 11.1 Å². The maximum Gasteiger partial charge on any atom is 0.0831 e. The molecule has 0 aromatic rings. The monoisotopic (exact) mass is 180 g/mol. The van der Waals surface area contributed by atoms with Gasteiger partial charge in [-0.2, -0.15) is 5.26 Å². The summed E-state index contributed by atoms with van der Waals surface area (Å²) in [5, 5.41) is 10.3. The molecule has 0 aromatic carbocycles. The fourth-order valence-corrected chi connectivity index (χ4v) is 3.24. The molecule has 0 N–H and O–H groups in total. The molecule has 1 aliphatic carbocycles. The second-order valence-corrected chi connectivity index (χ2v) is 4.68. The van der Waals surface area contributed by atoms with Crippen LogP contribution in [0.4, 0.5) is 0 Å². The number of aliphatic imine (C=N–C) groups is 1. The summed E-state index contributed by atoms with van der Waals surface area (Å²) in [6.45, 7) is 0. The lowest BCUT2D eigenvalue weighted by atomic mass is 9.95. The van der Waals surface area contributed by atoms with Crippen LogP contribution in [0.2, 0.25) is 0 Å². The van der Waals surface area contributed by atoms with Crippen molar-refractivity contribution in [3.8, 4) is 6.07 Å². The Kier molecular flexibility index (Phi) is 2.36. The number of fused-ring (bicyclic) bond motifs is 1. The molecule has 0 bridgehead atoms. The van der Waals surface area contributed by atoms with Crippen LogP contribution < -0.4 is 0 Å². The molecule has 0 radical (unpaired) electrons. The maximum absolute atomic E-state index is 8.52. The predicted octanol–water partition coefficient (Wildman–Crippen LogP) is 2.36. The SMILES string of the molecule is N#CCC1=NC2CCCCC2S1. The quantitative estimate of drug-likeness (QED) is 0.621. The van der Waals surface area contributed by atoms with Crippen molar-refractivity contribution >= 4 is 16.8 Å². The molecule has 2 unspecified atom stereocenters. The third kappa shape index (κ3) is 1.49. The predicted molar refractivity (Wildman–Crippen MR) is 51.3 cm³/mol. The molecule has 64 valence electrons. The Balaban J connectivity index is 2.00. The van der Waals surface area contributed by atoms with E-state index in [0.717, 1.165) is 5.04 Å². The molecule has 0 amide bonds. The molecule has 0 aromatic heterocycles. The number of hydrogen-bond acceptors (Lipinski definition) is 3. The summed E-state index contributed by atoms with van der Waals surface area (Å²) in [5.41, 5.74) is 0. The van der Waals surface area contributed by atoms with E-state index in [0.29, 0.717) is 17.7 Å². The largest absolute Gasteiger partial charge is 0.277 e. The molecule has 3 heteroatoms. The zero-order chi connectivity index (χ0) is 8.39. The molecular weight excluding hydrogens is 168 g/mol. The van der Waals surface area contributed by atoms with Gasteiger partial charge in [-0.1, -0.05) is 12.8 Å². The van der Waals surface area contributed by atoms with Crippen molar-refractivity contribution in [1.29, 1.82) is 5.26 Å². The molecule has 0 saturated heterocycles. The minimum Gasteiger partial charge on any atom is -0.277 e. The molecule has 1 saturated carbocycles. The van der Waals surface area contributed by atoms with Gasteiger partial charge in [-0.25, -0.2) is 0 Å². The first-order valence-electron chi connectivity index (χ1n) is 4.50. The average Bonchev–Trinajstić information content (AvgIpc) is 2.47. The van der Waals surface area contributed by atoms with Crippen molar-refractivity contribution in [3.63, 3.8) is 0 Å². The first-order chi connectivity index (χ1) is 5.90. The summed E-state index contributed by atoms with van der Waals surface area (Å²) < 4.78 is 0. The van der Waals surface area contributed by atoms with Crippen LogP contribution in [0.1, 0.15) is 32.1 Å². The van der Waals surface area contributed by atoms with E-state index < -0.39 is 0 Å². The topological polar surface area (TPSA) is 36.1 Å². The van der Waals surface area contributed by atoms with Crippen LogP contribution in [-0.4, -0.2) is 16.3 Å². The van der Waals surface area contributed by atoms with E-state index in [9.17, 15) is 0 Å². The second kappa shape index (κ2) is 3.49. The van der Waals surface area contributed by atoms with Gasteiger partial charge in [0.05, 0.1) is 23.6 Å². The van der Waals surface area contributed by atoms with Crippen LogP contribution in [0, 0.1) is 11.3 Å². The summed E-state index contributed by atoms with van der Waals surface area (Å²) in [6.07, 6.45) is 5.74. The molecule has 2 rings (SSSR count). The summed E-state index contributed by atoms with van der Waals surface area (Å²) >= 11 is 1.85. The molecule has 2 aliphatic rings. The maximum atomic E-state index is 8.52. The molecule has 1 fully saturated rings. The Labute approximate surface area is 77.1 Å². The summed E-state index contributed by atoms with van der Waals surface area (Å²) in [5.74, 6) is 0. The van der Waals surface area contributed by atoms with Gasteiger partial charge < -0.3 is 0 Å². The number of nitriles is 1. The summed E-state index contributed by atoms with van der Waals surface area (Å²) in [7, 11) is 0. The Morgan fingerprint density at radius 1 is 1.50 bits per heavy atom. The number of nitrogens with zero attached hydrogens (tertiary/aromatic N) is 2. The molecule has 1 heterocycles. The van der Waals surface area contributed by atoms with Gasteiger partial charge >= 0.3 is 0 Å². The van der Waals surface area contributed by atoms with Gasteiger partial charge in [0.15, 0.2) is 0 Å². The minimum absolute atomic E-state index is 0.525. The number of hydrogen-bond donors (Lipinski definition) is 0. The third-order valence-electron chi connectivity index (χ3n) is 2.50. The Hall–Kier alpha value is -0.490. The Morgan fingerprint density at radius 3 is 3.08 bits per heavy atom. The van der Waals surface area contributed by atoms with E-state index in [1.54, 1.807) is 0 Å². The van der Waals surface area contributed by atoms with E-state index in [1.165, 1.54) is 25.7 Å². The normalized spacial score (nSPS) is 33.8. The van der Waals surface area contributed by atoms with E-state index in [4.69, 9.17) is 5.26 Å². The van der Waals surface area contributed by atoms with Gasteiger partial charge in [-0.3, -0.25) is 4.99 Å². The third-order valence-corrected chi connectivity index (χ3v) is 3.87. The van der Waals surface area contributed by atoms with E-state index in [1.807, 2.05) is 11.8 Å². The highest BCUT2D eigenvalue weighted by Crippen LogP contribution is 2.37. The standard InChI is InChI=1S/C9H12N2S/c10-6-5-9-11-7-3-1-2-4-8(7)12-9/h7-8H,1-5H2. The van der Waals surface area contributed by atoms with Crippen molar-refractivity contribution < 1.29 is 0 Å². The second-order valence-electron chi connectivity index (χ2n) is 3.37. The zero-order valence-electron chi connectivity index (χ0n) is 6.99. The van der Waals surface area contributed by atoms with Gasteiger partial charge in [0, 0.05) is 5.25 Å². The lowest BCUT2D eigenvalue weighted by Crippen LogP contribution is -2.21. The molecular formula is C9H12N2S. The van der Waals surface area contributed by atoms with E-state index >= 15 is 0 Å². The van der Waals surface area contributed by atoms with Crippen LogP contribution in [0.25, 0.3) is 0 Å². The van der Waals surface area contributed by atoms with Gasteiger partial charge in [0.25, 0.3) is 0 Å².